The van der Waals surface area contributed by atoms with Crippen LogP contribution in [0.25, 0.3) is 0 Å². The topological polar surface area (TPSA) is 46.2 Å². The number of halogens is 3. The monoisotopic (exact) mass is 279 g/mol. The lowest BCUT2D eigenvalue weighted by Crippen LogP contribution is -2.57. The molecule has 0 spiro atoms. The maximum Gasteiger partial charge on any atom is 0.391 e. The molecule has 5 heteroatoms. The van der Waals surface area contributed by atoms with Gasteiger partial charge in [0.1, 0.15) is 0 Å². The first-order valence-electron chi connectivity index (χ1n) is 7.32. The molecule has 0 aromatic rings. The van der Waals surface area contributed by atoms with Gasteiger partial charge >= 0.3 is 6.18 Å². The molecule has 2 saturated carbocycles. The molecule has 0 heterocycles. The van der Waals surface area contributed by atoms with Gasteiger partial charge in [0.05, 0.1) is 11.5 Å². The summed E-state index contributed by atoms with van der Waals surface area (Å²) in [6.45, 7) is 0.300. The van der Waals surface area contributed by atoms with Gasteiger partial charge in [-0.1, -0.05) is 19.3 Å². The van der Waals surface area contributed by atoms with Crippen LogP contribution >= 0.6 is 0 Å². The Labute approximate surface area is 112 Å². The van der Waals surface area contributed by atoms with Crippen molar-refractivity contribution in [2.24, 2.45) is 17.1 Å². The lowest BCUT2D eigenvalue weighted by Gasteiger charge is -2.52. The van der Waals surface area contributed by atoms with E-state index in [1.165, 1.54) is 0 Å². The standard InChI is InChI=1S/C14H24F3NO/c15-14(16,17)11-5-4-8-13(19,9-11)12(10-18)6-2-1-3-7-12/h11,19H,1-10,18H2. The zero-order valence-electron chi connectivity index (χ0n) is 11.3. The summed E-state index contributed by atoms with van der Waals surface area (Å²) in [6.07, 6.45) is 1.28. The maximum absolute atomic E-state index is 12.9. The van der Waals surface area contributed by atoms with E-state index in [0.29, 0.717) is 19.4 Å². The van der Waals surface area contributed by atoms with Crippen molar-refractivity contribution in [3.8, 4) is 0 Å². The van der Waals surface area contributed by atoms with Gasteiger partial charge in [-0.05, 0) is 38.5 Å². The van der Waals surface area contributed by atoms with E-state index in [-0.39, 0.29) is 12.8 Å². The summed E-state index contributed by atoms with van der Waals surface area (Å²) >= 11 is 0. The van der Waals surface area contributed by atoms with Crippen molar-refractivity contribution >= 4 is 0 Å². The van der Waals surface area contributed by atoms with Crippen molar-refractivity contribution in [1.29, 1.82) is 0 Å². The third-order valence-corrected chi connectivity index (χ3v) is 5.38. The second-order valence-electron chi connectivity index (χ2n) is 6.41. The van der Waals surface area contributed by atoms with E-state index in [2.05, 4.69) is 0 Å². The zero-order valence-corrected chi connectivity index (χ0v) is 11.3. The molecule has 0 saturated heterocycles. The molecule has 2 atom stereocenters. The predicted octanol–water partition coefficient (Wildman–Crippen LogP) is 3.38. The number of nitrogens with two attached hydrogens (primary N) is 1. The van der Waals surface area contributed by atoms with E-state index < -0.39 is 23.1 Å². The van der Waals surface area contributed by atoms with Gasteiger partial charge in [-0.3, -0.25) is 0 Å². The molecule has 2 unspecified atom stereocenters. The first-order valence-corrected chi connectivity index (χ1v) is 7.32. The van der Waals surface area contributed by atoms with Crippen LogP contribution < -0.4 is 5.73 Å². The van der Waals surface area contributed by atoms with Crippen LogP contribution in [0.15, 0.2) is 0 Å². The van der Waals surface area contributed by atoms with Crippen LogP contribution in [-0.2, 0) is 0 Å². The molecule has 2 aliphatic rings. The van der Waals surface area contributed by atoms with Gasteiger partial charge < -0.3 is 10.8 Å². The largest absolute Gasteiger partial charge is 0.391 e. The van der Waals surface area contributed by atoms with Crippen molar-refractivity contribution < 1.29 is 18.3 Å². The lowest BCUT2D eigenvalue weighted by atomic mass is 9.57. The van der Waals surface area contributed by atoms with Crippen molar-refractivity contribution in [3.63, 3.8) is 0 Å². The summed E-state index contributed by atoms with van der Waals surface area (Å²) in [5.74, 6) is -1.36. The highest BCUT2D eigenvalue weighted by Gasteiger charge is 2.55. The quantitative estimate of drug-likeness (QED) is 0.814. The minimum Gasteiger partial charge on any atom is -0.389 e. The molecule has 112 valence electrons. The normalized spacial score (nSPS) is 36.2. The minimum atomic E-state index is -4.20. The van der Waals surface area contributed by atoms with Gasteiger partial charge in [0, 0.05) is 12.0 Å². The van der Waals surface area contributed by atoms with Crippen LogP contribution in [0.2, 0.25) is 0 Å². The van der Waals surface area contributed by atoms with E-state index in [1.807, 2.05) is 0 Å². The third kappa shape index (κ3) is 2.77. The summed E-state index contributed by atoms with van der Waals surface area (Å²) < 4.78 is 38.8. The molecule has 3 N–H and O–H groups in total. The molecule has 0 radical (unpaired) electrons. The lowest BCUT2D eigenvalue weighted by molar-refractivity contribution is -0.219. The summed E-state index contributed by atoms with van der Waals surface area (Å²) in [6, 6.07) is 0. The highest BCUT2D eigenvalue weighted by Crippen LogP contribution is 2.53. The van der Waals surface area contributed by atoms with Crippen LogP contribution in [0.4, 0.5) is 13.2 Å². The molecule has 0 aromatic heterocycles. The van der Waals surface area contributed by atoms with Gasteiger partial charge in [0.2, 0.25) is 0 Å². The Morgan fingerprint density at radius 3 is 2.21 bits per heavy atom. The Kier molecular flexibility index (Phi) is 4.17. The second kappa shape index (κ2) is 5.24. The van der Waals surface area contributed by atoms with Crippen LogP contribution in [0, 0.1) is 11.3 Å². The minimum absolute atomic E-state index is 0.145. The molecule has 0 amide bonds. The molecular formula is C14H24F3NO. The van der Waals surface area contributed by atoms with Crippen molar-refractivity contribution in [2.45, 2.75) is 69.6 Å². The zero-order chi connectivity index (χ0) is 14.1. The Bertz CT molecular complexity index is 312. The van der Waals surface area contributed by atoms with E-state index in [1.54, 1.807) is 0 Å². The molecular weight excluding hydrogens is 255 g/mol. The molecule has 2 rings (SSSR count). The molecule has 19 heavy (non-hydrogen) atoms. The number of hydrogen-bond donors (Lipinski definition) is 2. The van der Waals surface area contributed by atoms with Gasteiger partial charge in [0.25, 0.3) is 0 Å². The number of hydrogen-bond acceptors (Lipinski definition) is 2. The summed E-state index contributed by atoms with van der Waals surface area (Å²) in [7, 11) is 0. The summed E-state index contributed by atoms with van der Waals surface area (Å²) in [5, 5.41) is 10.9. The highest BCUT2D eigenvalue weighted by molar-refractivity contribution is 5.04. The molecule has 2 nitrogen and oxygen atoms in total. The Balaban J connectivity index is 2.20. The van der Waals surface area contributed by atoms with Crippen LogP contribution in [0.5, 0.6) is 0 Å². The Hall–Kier alpha value is -0.290. The second-order valence-corrected chi connectivity index (χ2v) is 6.41. The highest BCUT2D eigenvalue weighted by atomic mass is 19.4. The average Bonchev–Trinajstić information content (AvgIpc) is 2.38. The first-order chi connectivity index (χ1) is 8.83. The van der Waals surface area contributed by atoms with Crippen LogP contribution in [-0.4, -0.2) is 23.4 Å². The van der Waals surface area contributed by atoms with Crippen LogP contribution in [0.1, 0.15) is 57.8 Å². The smallest absolute Gasteiger partial charge is 0.389 e. The van der Waals surface area contributed by atoms with Gasteiger partial charge in [-0.2, -0.15) is 13.2 Å². The number of aliphatic hydroxyl groups is 1. The average molecular weight is 279 g/mol. The number of alkyl halides is 3. The van der Waals surface area contributed by atoms with Gasteiger partial charge in [-0.25, -0.2) is 0 Å². The van der Waals surface area contributed by atoms with Crippen molar-refractivity contribution in [1.82, 2.24) is 0 Å². The SMILES string of the molecule is NCC1(C2(O)CCCC(C(F)(F)F)C2)CCCCC1. The molecule has 0 bridgehead atoms. The van der Waals surface area contributed by atoms with Gasteiger partial charge in [0.15, 0.2) is 0 Å². The summed E-state index contributed by atoms with van der Waals surface area (Å²) in [5.41, 5.74) is 4.16. The van der Waals surface area contributed by atoms with E-state index >= 15 is 0 Å². The molecule has 0 aromatic carbocycles. The Morgan fingerprint density at radius 2 is 1.68 bits per heavy atom. The van der Waals surface area contributed by atoms with E-state index in [4.69, 9.17) is 5.73 Å². The number of rotatable bonds is 2. The molecule has 2 aliphatic carbocycles. The van der Waals surface area contributed by atoms with E-state index in [9.17, 15) is 18.3 Å². The fourth-order valence-electron chi connectivity index (χ4n) is 4.10. The molecule has 0 aliphatic heterocycles. The van der Waals surface area contributed by atoms with Crippen LogP contribution in [0.3, 0.4) is 0 Å². The Morgan fingerprint density at radius 1 is 1.05 bits per heavy atom. The fourth-order valence-corrected chi connectivity index (χ4v) is 4.10. The maximum atomic E-state index is 12.9. The molecule has 2 fully saturated rings. The summed E-state index contributed by atoms with van der Waals surface area (Å²) in [4.78, 5) is 0. The fraction of sp³-hybridized carbons (Fsp3) is 1.00. The third-order valence-electron chi connectivity index (χ3n) is 5.38. The van der Waals surface area contributed by atoms with E-state index in [0.717, 1.165) is 32.1 Å². The first kappa shape index (κ1) is 15.1. The van der Waals surface area contributed by atoms with Gasteiger partial charge in [-0.15, -0.1) is 0 Å². The van der Waals surface area contributed by atoms with Crippen molar-refractivity contribution in [3.05, 3.63) is 0 Å². The van der Waals surface area contributed by atoms with Crippen molar-refractivity contribution in [2.75, 3.05) is 6.54 Å². The predicted molar refractivity (Wildman–Crippen MR) is 67.5 cm³/mol.